The third-order valence-corrected chi connectivity index (χ3v) is 3.49. The summed E-state index contributed by atoms with van der Waals surface area (Å²) < 4.78 is 5.33. The molecule has 1 heterocycles. The van der Waals surface area contributed by atoms with Gasteiger partial charge in [-0.2, -0.15) is 0 Å². The molecule has 6 heteroatoms. The molecule has 1 aliphatic heterocycles. The summed E-state index contributed by atoms with van der Waals surface area (Å²) in [5.41, 5.74) is -0.223. The Hall–Kier alpha value is -1.82. The number of anilines is 1. The van der Waals surface area contributed by atoms with Gasteiger partial charge in [-0.05, 0) is 25.5 Å². The first-order chi connectivity index (χ1) is 9.50. The van der Waals surface area contributed by atoms with Gasteiger partial charge in [0.25, 0.3) is 0 Å². The Bertz CT molecular complexity index is 498. The van der Waals surface area contributed by atoms with Gasteiger partial charge in [0, 0.05) is 13.1 Å². The van der Waals surface area contributed by atoms with Gasteiger partial charge in [0.1, 0.15) is 5.69 Å². The molecule has 1 saturated heterocycles. The first kappa shape index (κ1) is 14.6. The number of nitrogens with zero attached hydrogens (tertiary/aromatic N) is 2. The maximum Gasteiger partial charge on any atom is 0.333 e. The highest BCUT2D eigenvalue weighted by Gasteiger charge is 2.43. The van der Waals surface area contributed by atoms with E-state index in [9.17, 15) is 15.2 Å². The molecule has 20 heavy (non-hydrogen) atoms. The van der Waals surface area contributed by atoms with Crippen LogP contribution < -0.4 is 9.64 Å². The molecule has 110 valence electrons. The maximum atomic E-state index is 11.3. The summed E-state index contributed by atoms with van der Waals surface area (Å²) in [4.78, 5) is 12.7. The van der Waals surface area contributed by atoms with E-state index in [1.54, 1.807) is 25.1 Å². The minimum Gasteiger partial charge on any atom is -0.487 e. The molecule has 0 spiro atoms. The number of benzene rings is 1. The molecular weight excluding hydrogens is 260 g/mol. The fourth-order valence-electron chi connectivity index (χ4n) is 2.68. The summed E-state index contributed by atoms with van der Waals surface area (Å²) in [6.45, 7) is 5.04. The van der Waals surface area contributed by atoms with Crippen LogP contribution in [-0.4, -0.2) is 35.3 Å². The number of aliphatic hydroxyl groups is 1. The second-order valence-corrected chi connectivity index (χ2v) is 5.14. The lowest BCUT2D eigenvalue weighted by atomic mass is 9.88. The SMILES string of the molecule is CCCC1(O)CN(c2cccc(OCC)c2[N+](=O)[O-])C1. The maximum absolute atomic E-state index is 11.3. The van der Waals surface area contributed by atoms with Crippen molar-refractivity contribution in [3.05, 3.63) is 28.3 Å². The van der Waals surface area contributed by atoms with E-state index in [1.807, 2.05) is 11.8 Å². The fraction of sp³-hybridized carbons (Fsp3) is 0.571. The Balaban J connectivity index is 2.25. The smallest absolute Gasteiger partial charge is 0.333 e. The van der Waals surface area contributed by atoms with Crippen LogP contribution in [0.5, 0.6) is 5.75 Å². The van der Waals surface area contributed by atoms with Crippen molar-refractivity contribution in [1.82, 2.24) is 0 Å². The lowest BCUT2D eigenvalue weighted by Gasteiger charge is -2.47. The van der Waals surface area contributed by atoms with Gasteiger partial charge < -0.3 is 14.7 Å². The van der Waals surface area contributed by atoms with Crippen LogP contribution in [-0.2, 0) is 0 Å². The second-order valence-electron chi connectivity index (χ2n) is 5.14. The van der Waals surface area contributed by atoms with Gasteiger partial charge in [-0.15, -0.1) is 0 Å². The van der Waals surface area contributed by atoms with E-state index >= 15 is 0 Å². The lowest BCUT2D eigenvalue weighted by molar-refractivity contribution is -0.385. The number of ether oxygens (including phenoxy) is 1. The van der Waals surface area contributed by atoms with E-state index in [0.717, 1.165) is 6.42 Å². The van der Waals surface area contributed by atoms with Crippen molar-refractivity contribution < 1.29 is 14.8 Å². The summed E-state index contributed by atoms with van der Waals surface area (Å²) in [5.74, 6) is 0.279. The van der Waals surface area contributed by atoms with Crippen molar-refractivity contribution >= 4 is 11.4 Å². The van der Waals surface area contributed by atoms with Crippen LogP contribution in [0.4, 0.5) is 11.4 Å². The monoisotopic (exact) mass is 280 g/mol. The molecule has 1 aromatic rings. The van der Waals surface area contributed by atoms with Gasteiger partial charge in [-0.3, -0.25) is 10.1 Å². The van der Waals surface area contributed by atoms with Gasteiger partial charge in [-0.1, -0.05) is 19.4 Å². The summed E-state index contributed by atoms with van der Waals surface area (Å²) >= 11 is 0. The average Bonchev–Trinajstić information content (AvgIpc) is 2.36. The number of hydrogen-bond acceptors (Lipinski definition) is 5. The molecule has 1 N–H and O–H groups in total. The number of nitro benzene ring substituents is 1. The van der Waals surface area contributed by atoms with Crippen LogP contribution in [0, 0.1) is 10.1 Å². The van der Waals surface area contributed by atoms with Crippen molar-refractivity contribution in [3.63, 3.8) is 0 Å². The van der Waals surface area contributed by atoms with Crippen molar-refractivity contribution in [2.24, 2.45) is 0 Å². The summed E-state index contributed by atoms with van der Waals surface area (Å²) in [6.07, 6.45) is 1.61. The molecule has 1 fully saturated rings. The first-order valence-electron chi connectivity index (χ1n) is 6.88. The highest BCUT2D eigenvalue weighted by molar-refractivity contribution is 5.71. The van der Waals surface area contributed by atoms with Crippen LogP contribution in [0.3, 0.4) is 0 Å². The molecule has 0 bridgehead atoms. The molecule has 0 radical (unpaired) electrons. The van der Waals surface area contributed by atoms with Crippen LogP contribution in [0.1, 0.15) is 26.7 Å². The molecule has 0 saturated carbocycles. The number of β-amino-alcohol motifs (C(OH)–C–C–N with tert-alkyl or cyclic N) is 1. The van der Waals surface area contributed by atoms with E-state index < -0.39 is 10.5 Å². The number of nitro groups is 1. The van der Waals surface area contributed by atoms with Gasteiger partial charge in [0.05, 0.1) is 17.1 Å². The second kappa shape index (κ2) is 5.66. The van der Waals surface area contributed by atoms with Crippen LogP contribution >= 0.6 is 0 Å². The Labute approximate surface area is 118 Å². The van der Waals surface area contributed by atoms with Crippen LogP contribution in [0.25, 0.3) is 0 Å². The molecular formula is C14H20N2O4. The molecule has 0 atom stereocenters. The molecule has 1 aliphatic rings. The molecule has 0 aliphatic carbocycles. The van der Waals surface area contributed by atoms with E-state index in [0.29, 0.717) is 31.8 Å². The van der Waals surface area contributed by atoms with Gasteiger partial charge in [-0.25, -0.2) is 0 Å². The predicted molar refractivity (Wildman–Crippen MR) is 76.3 cm³/mol. The Kier molecular flexibility index (Phi) is 4.13. The van der Waals surface area contributed by atoms with Crippen molar-refractivity contribution in [2.75, 3.05) is 24.6 Å². The van der Waals surface area contributed by atoms with Gasteiger partial charge in [0.2, 0.25) is 0 Å². The Morgan fingerprint density at radius 3 is 2.70 bits per heavy atom. The van der Waals surface area contributed by atoms with E-state index in [4.69, 9.17) is 4.74 Å². The molecule has 1 aromatic carbocycles. The molecule has 2 rings (SSSR count). The molecule has 0 amide bonds. The third kappa shape index (κ3) is 2.70. The lowest BCUT2D eigenvalue weighted by Crippen LogP contribution is -2.62. The standard InChI is InChI=1S/C14H20N2O4/c1-3-8-14(17)9-15(10-14)11-6-5-7-12(20-4-2)13(11)16(18)19/h5-7,17H,3-4,8-10H2,1-2H3. The van der Waals surface area contributed by atoms with Crippen molar-refractivity contribution in [1.29, 1.82) is 0 Å². The summed E-state index contributed by atoms with van der Waals surface area (Å²) in [5, 5.41) is 21.5. The quantitative estimate of drug-likeness (QED) is 0.639. The van der Waals surface area contributed by atoms with Gasteiger partial charge >= 0.3 is 5.69 Å². The van der Waals surface area contributed by atoms with E-state index in [-0.39, 0.29) is 11.4 Å². The zero-order valence-corrected chi connectivity index (χ0v) is 11.8. The average molecular weight is 280 g/mol. The minimum absolute atomic E-state index is 0.0205. The minimum atomic E-state index is -0.718. The Morgan fingerprint density at radius 2 is 2.15 bits per heavy atom. The normalized spacial score (nSPS) is 16.6. The first-order valence-corrected chi connectivity index (χ1v) is 6.88. The zero-order chi connectivity index (χ0) is 14.8. The Morgan fingerprint density at radius 1 is 1.45 bits per heavy atom. The number of para-hydroxylation sites is 1. The number of rotatable bonds is 6. The predicted octanol–water partition coefficient (Wildman–Crippen LogP) is 2.34. The van der Waals surface area contributed by atoms with E-state index in [2.05, 4.69) is 0 Å². The summed E-state index contributed by atoms with van der Waals surface area (Å²) in [7, 11) is 0. The van der Waals surface area contributed by atoms with Crippen LogP contribution in [0.15, 0.2) is 18.2 Å². The molecule has 0 unspecified atom stereocenters. The van der Waals surface area contributed by atoms with Crippen LogP contribution in [0.2, 0.25) is 0 Å². The fourth-order valence-corrected chi connectivity index (χ4v) is 2.68. The van der Waals surface area contributed by atoms with Crippen molar-refractivity contribution in [2.45, 2.75) is 32.3 Å². The van der Waals surface area contributed by atoms with Gasteiger partial charge in [0.15, 0.2) is 5.75 Å². The summed E-state index contributed by atoms with van der Waals surface area (Å²) in [6, 6.07) is 5.04. The van der Waals surface area contributed by atoms with Crippen molar-refractivity contribution in [3.8, 4) is 5.75 Å². The van der Waals surface area contributed by atoms with E-state index in [1.165, 1.54) is 0 Å². The largest absolute Gasteiger partial charge is 0.487 e. The highest BCUT2D eigenvalue weighted by Crippen LogP contribution is 2.41. The zero-order valence-electron chi connectivity index (χ0n) is 11.8. The molecule has 6 nitrogen and oxygen atoms in total. The number of hydrogen-bond donors (Lipinski definition) is 1. The topological polar surface area (TPSA) is 75.8 Å². The highest BCUT2D eigenvalue weighted by atomic mass is 16.6. The molecule has 0 aromatic heterocycles. The third-order valence-electron chi connectivity index (χ3n) is 3.49.